The third-order valence-electron chi connectivity index (χ3n) is 3.13. The van der Waals surface area contributed by atoms with Crippen molar-refractivity contribution in [3.8, 4) is 0 Å². The first-order valence-electron chi connectivity index (χ1n) is 7.49. The zero-order valence-electron chi connectivity index (χ0n) is 13.0. The molecule has 5 heteroatoms. The Labute approximate surface area is 135 Å². The number of benzene rings is 1. The molecule has 0 amide bonds. The van der Waals surface area contributed by atoms with Crippen LogP contribution in [-0.4, -0.2) is 19.0 Å². The highest BCUT2D eigenvalue weighted by molar-refractivity contribution is 7.11. The van der Waals surface area contributed by atoms with Gasteiger partial charge in [0.05, 0.1) is 6.54 Å². The number of nitrogens with zero attached hydrogens (tertiary/aromatic N) is 1. The molecule has 2 aromatic rings. The number of hydrogen-bond donors (Lipinski definition) is 2. The maximum Gasteiger partial charge on any atom is 0.191 e. The minimum atomic E-state index is -0.189. The Morgan fingerprint density at radius 2 is 2.09 bits per heavy atom. The van der Waals surface area contributed by atoms with Crippen molar-refractivity contribution in [1.82, 2.24) is 10.6 Å². The Kier molecular flexibility index (Phi) is 6.40. The molecule has 0 aliphatic carbocycles. The van der Waals surface area contributed by atoms with E-state index in [1.165, 1.54) is 15.8 Å². The summed E-state index contributed by atoms with van der Waals surface area (Å²) in [5.74, 6) is 0.607. The van der Waals surface area contributed by atoms with Crippen molar-refractivity contribution in [2.45, 2.75) is 26.8 Å². The lowest BCUT2D eigenvalue weighted by atomic mass is 10.1. The summed E-state index contributed by atoms with van der Waals surface area (Å²) in [5, 5.41) is 6.51. The third kappa shape index (κ3) is 5.48. The fourth-order valence-corrected chi connectivity index (χ4v) is 2.90. The van der Waals surface area contributed by atoms with Gasteiger partial charge >= 0.3 is 0 Å². The van der Waals surface area contributed by atoms with Gasteiger partial charge in [-0.2, -0.15) is 0 Å². The van der Waals surface area contributed by atoms with E-state index in [0.717, 1.165) is 31.0 Å². The van der Waals surface area contributed by atoms with Crippen molar-refractivity contribution in [3.05, 3.63) is 57.5 Å². The molecule has 0 aliphatic heterocycles. The lowest BCUT2D eigenvalue weighted by Gasteiger charge is -2.11. The summed E-state index contributed by atoms with van der Waals surface area (Å²) in [5.41, 5.74) is 0.984. The van der Waals surface area contributed by atoms with E-state index in [0.29, 0.717) is 6.54 Å². The van der Waals surface area contributed by atoms with Gasteiger partial charge in [-0.25, -0.2) is 9.38 Å². The molecule has 1 heterocycles. The number of hydrogen-bond acceptors (Lipinski definition) is 2. The first-order valence-corrected chi connectivity index (χ1v) is 8.31. The second-order valence-electron chi connectivity index (χ2n) is 5.01. The average Bonchev–Trinajstić information content (AvgIpc) is 2.90. The largest absolute Gasteiger partial charge is 0.357 e. The second kappa shape index (κ2) is 8.54. The normalized spacial score (nSPS) is 11.5. The van der Waals surface area contributed by atoms with E-state index in [-0.39, 0.29) is 5.82 Å². The number of halogens is 1. The zero-order valence-corrected chi connectivity index (χ0v) is 13.8. The van der Waals surface area contributed by atoms with Gasteiger partial charge in [0.1, 0.15) is 5.82 Å². The molecule has 0 aliphatic rings. The monoisotopic (exact) mass is 319 g/mol. The molecule has 2 rings (SSSR count). The topological polar surface area (TPSA) is 36.4 Å². The fourth-order valence-electron chi connectivity index (χ4n) is 2.09. The van der Waals surface area contributed by atoms with Gasteiger partial charge < -0.3 is 10.6 Å². The Bertz CT molecular complexity index is 622. The number of nitrogens with one attached hydrogen (secondary N) is 2. The van der Waals surface area contributed by atoms with Crippen molar-refractivity contribution in [2.75, 3.05) is 13.1 Å². The van der Waals surface area contributed by atoms with Crippen molar-refractivity contribution in [1.29, 1.82) is 0 Å². The lowest BCUT2D eigenvalue weighted by molar-refractivity contribution is 0.625. The van der Waals surface area contributed by atoms with Crippen molar-refractivity contribution in [2.24, 2.45) is 4.99 Å². The van der Waals surface area contributed by atoms with E-state index in [4.69, 9.17) is 0 Å². The van der Waals surface area contributed by atoms with Crippen LogP contribution in [0.5, 0.6) is 0 Å². The minimum absolute atomic E-state index is 0.189. The summed E-state index contributed by atoms with van der Waals surface area (Å²) in [6.45, 7) is 6.35. The predicted molar refractivity (Wildman–Crippen MR) is 92.0 cm³/mol. The molecule has 1 aromatic carbocycles. The summed E-state index contributed by atoms with van der Waals surface area (Å²) < 4.78 is 13.1. The van der Waals surface area contributed by atoms with E-state index in [1.807, 2.05) is 13.0 Å². The van der Waals surface area contributed by atoms with Crippen LogP contribution < -0.4 is 10.6 Å². The SMILES string of the molecule is CCNC(=NCc1ccc(C)s1)NCCc1cccc(F)c1. The first-order chi connectivity index (χ1) is 10.7. The van der Waals surface area contributed by atoms with E-state index in [2.05, 4.69) is 34.7 Å². The van der Waals surface area contributed by atoms with Crippen molar-refractivity contribution >= 4 is 17.3 Å². The Morgan fingerprint density at radius 1 is 1.23 bits per heavy atom. The quantitative estimate of drug-likeness (QED) is 0.631. The lowest BCUT2D eigenvalue weighted by Crippen LogP contribution is -2.38. The summed E-state index contributed by atoms with van der Waals surface area (Å²) in [7, 11) is 0. The van der Waals surface area contributed by atoms with E-state index in [9.17, 15) is 4.39 Å². The van der Waals surface area contributed by atoms with Gasteiger partial charge in [0, 0.05) is 22.8 Å². The number of aliphatic imine (C=N–C) groups is 1. The van der Waals surface area contributed by atoms with Gasteiger partial charge in [0.15, 0.2) is 5.96 Å². The maximum absolute atomic E-state index is 13.1. The molecular formula is C17H22FN3S. The van der Waals surface area contributed by atoms with E-state index >= 15 is 0 Å². The van der Waals surface area contributed by atoms with Gasteiger partial charge in [-0.15, -0.1) is 11.3 Å². The molecule has 0 bridgehead atoms. The van der Waals surface area contributed by atoms with Crippen molar-refractivity contribution in [3.63, 3.8) is 0 Å². The molecule has 0 unspecified atom stereocenters. The van der Waals surface area contributed by atoms with Crippen molar-refractivity contribution < 1.29 is 4.39 Å². The van der Waals surface area contributed by atoms with Gasteiger partial charge in [-0.05, 0) is 50.1 Å². The highest BCUT2D eigenvalue weighted by Crippen LogP contribution is 2.15. The Balaban J connectivity index is 1.85. The van der Waals surface area contributed by atoms with E-state index in [1.54, 1.807) is 23.5 Å². The molecule has 2 N–H and O–H groups in total. The molecule has 0 atom stereocenters. The number of rotatable bonds is 6. The van der Waals surface area contributed by atoms with E-state index < -0.39 is 0 Å². The number of aryl methyl sites for hydroxylation is 1. The Morgan fingerprint density at radius 3 is 2.77 bits per heavy atom. The molecule has 1 aromatic heterocycles. The highest BCUT2D eigenvalue weighted by Gasteiger charge is 2.00. The predicted octanol–water partition coefficient (Wildman–Crippen LogP) is 3.49. The summed E-state index contributed by atoms with van der Waals surface area (Å²) in [6.07, 6.45) is 0.764. The van der Waals surface area contributed by atoms with Crippen LogP contribution in [0.25, 0.3) is 0 Å². The maximum atomic E-state index is 13.1. The van der Waals surface area contributed by atoms with Gasteiger partial charge in [0.2, 0.25) is 0 Å². The van der Waals surface area contributed by atoms with Crippen LogP contribution in [0.4, 0.5) is 4.39 Å². The van der Waals surface area contributed by atoms with Crippen LogP contribution >= 0.6 is 11.3 Å². The number of guanidine groups is 1. The average molecular weight is 319 g/mol. The molecule has 3 nitrogen and oxygen atoms in total. The summed E-state index contributed by atoms with van der Waals surface area (Å²) in [4.78, 5) is 7.13. The molecule has 22 heavy (non-hydrogen) atoms. The third-order valence-corrected chi connectivity index (χ3v) is 4.11. The summed E-state index contributed by atoms with van der Waals surface area (Å²) in [6, 6.07) is 10.9. The highest BCUT2D eigenvalue weighted by atomic mass is 32.1. The fraction of sp³-hybridized carbons (Fsp3) is 0.353. The van der Waals surface area contributed by atoms with Crippen LogP contribution in [0.1, 0.15) is 22.2 Å². The smallest absolute Gasteiger partial charge is 0.191 e. The molecule has 0 fully saturated rings. The van der Waals surface area contributed by atoms with Gasteiger partial charge in [-0.1, -0.05) is 12.1 Å². The minimum Gasteiger partial charge on any atom is -0.357 e. The molecule has 0 saturated carbocycles. The molecular weight excluding hydrogens is 297 g/mol. The second-order valence-corrected chi connectivity index (χ2v) is 6.39. The molecule has 118 valence electrons. The molecule has 0 saturated heterocycles. The van der Waals surface area contributed by atoms with Gasteiger partial charge in [0.25, 0.3) is 0 Å². The van der Waals surface area contributed by atoms with Crippen LogP contribution in [0.3, 0.4) is 0 Å². The molecule has 0 spiro atoms. The first kappa shape index (κ1) is 16.5. The van der Waals surface area contributed by atoms with Gasteiger partial charge in [-0.3, -0.25) is 0 Å². The van der Waals surface area contributed by atoms with Crippen LogP contribution in [-0.2, 0) is 13.0 Å². The van der Waals surface area contributed by atoms with Crippen LogP contribution in [0.15, 0.2) is 41.4 Å². The summed E-state index contributed by atoms with van der Waals surface area (Å²) >= 11 is 1.77. The van der Waals surface area contributed by atoms with Crippen LogP contribution in [0.2, 0.25) is 0 Å². The zero-order chi connectivity index (χ0) is 15.8. The molecule has 0 radical (unpaired) electrons. The Hall–Kier alpha value is -1.88. The standard InChI is InChI=1S/C17H22FN3S/c1-3-19-17(21-12-16-8-7-13(2)22-16)20-10-9-14-5-4-6-15(18)11-14/h4-8,11H,3,9-10,12H2,1-2H3,(H2,19,20,21). The van der Waals surface area contributed by atoms with Crippen LogP contribution in [0, 0.1) is 12.7 Å². The number of thiophene rings is 1.